The predicted octanol–water partition coefficient (Wildman–Crippen LogP) is 0.520. The molecule has 2 heterocycles. The number of sulfonamides is 1. The SMILES string of the molecule is Cc1nc(CNC(=O)c2cccc(S(=O)(=O)NCc3cnn(C)c3)c2)no1. The minimum Gasteiger partial charge on any atom is -0.345 e. The third kappa shape index (κ3) is 4.77. The number of aryl methyl sites for hydroxylation is 2. The van der Waals surface area contributed by atoms with Crippen molar-refractivity contribution in [2.75, 3.05) is 0 Å². The van der Waals surface area contributed by atoms with E-state index in [1.165, 1.54) is 24.3 Å². The molecule has 0 aliphatic rings. The van der Waals surface area contributed by atoms with E-state index in [0.29, 0.717) is 11.7 Å². The van der Waals surface area contributed by atoms with Crippen LogP contribution in [0.4, 0.5) is 0 Å². The summed E-state index contributed by atoms with van der Waals surface area (Å²) in [7, 11) is -2.03. The minimum atomic E-state index is -3.78. The zero-order valence-electron chi connectivity index (χ0n) is 14.7. The molecular weight excluding hydrogens is 372 g/mol. The van der Waals surface area contributed by atoms with Gasteiger partial charge in [-0.3, -0.25) is 9.48 Å². The number of amides is 1. The van der Waals surface area contributed by atoms with Gasteiger partial charge in [0.2, 0.25) is 15.9 Å². The Labute approximate surface area is 155 Å². The number of nitrogens with zero attached hydrogens (tertiary/aromatic N) is 4. The summed E-state index contributed by atoms with van der Waals surface area (Å²) in [6.45, 7) is 1.82. The lowest BCUT2D eigenvalue weighted by Gasteiger charge is -2.08. The van der Waals surface area contributed by atoms with Gasteiger partial charge < -0.3 is 9.84 Å². The normalized spacial score (nSPS) is 11.5. The van der Waals surface area contributed by atoms with Crippen molar-refractivity contribution in [3.05, 3.63) is 59.5 Å². The summed E-state index contributed by atoms with van der Waals surface area (Å²) in [6.07, 6.45) is 3.29. The van der Waals surface area contributed by atoms with E-state index in [1.54, 1.807) is 31.0 Å². The van der Waals surface area contributed by atoms with Gasteiger partial charge in [-0.2, -0.15) is 10.1 Å². The summed E-state index contributed by atoms with van der Waals surface area (Å²) in [4.78, 5) is 16.2. The van der Waals surface area contributed by atoms with E-state index in [2.05, 4.69) is 25.3 Å². The molecule has 142 valence electrons. The van der Waals surface area contributed by atoms with E-state index in [9.17, 15) is 13.2 Å². The Morgan fingerprint density at radius 3 is 2.78 bits per heavy atom. The highest BCUT2D eigenvalue weighted by molar-refractivity contribution is 7.89. The third-order valence-corrected chi connectivity index (χ3v) is 5.01. The molecule has 0 saturated heterocycles. The van der Waals surface area contributed by atoms with E-state index in [1.807, 2.05) is 0 Å². The van der Waals surface area contributed by atoms with Crippen molar-refractivity contribution in [1.82, 2.24) is 30.0 Å². The van der Waals surface area contributed by atoms with Gasteiger partial charge in [0.05, 0.1) is 17.6 Å². The van der Waals surface area contributed by atoms with Crippen LogP contribution in [0.2, 0.25) is 0 Å². The highest BCUT2D eigenvalue weighted by Gasteiger charge is 2.17. The van der Waals surface area contributed by atoms with Gasteiger partial charge in [-0.05, 0) is 18.2 Å². The molecule has 3 aromatic rings. The van der Waals surface area contributed by atoms with Crippen LogP contribution < -0.4 is 10.0 Å². The Morgan fingerprint density at radius 2 is 2.11 bits per heavy atom. The molecule has 10 nitrogen and oxygen atoms in total. The first kappa shape index (κ1) is 18.7. The zero-order valence-corrected chi connectivity index (χ0v) is 15.5. The summed E-state index contributed by atoms with van der Waals surface area (Å²) in [5.74, 6) is 0.288. The second-order valence-corrected chi connectivity index (χ2v) is 7.55. The second kappa shape index (κ2) is 7.68. The van der Waals surface area contributed by atoms with Crippen molar-refractivity contribution in [1.29, 1.82) is 0 Å². The van der Waals surface area contributed by atoms with E-state index in [0.717, 1.165) is 5.56 Å². The lowest BCUT2D eigenvalue weighted by atomic mass is 10.2. The van der Waals surface area contributed by atoms with Crippen molar-refractivity contribution in [2.24, 2.45) is 7.05 Å². The molecule has 2 aromatic heterocycles. The summed E-state index contributed by atoms with van der Waals surface area (Å²) >= 11 is 0. The van der Waals surface area contributed by atoms with Crippen molar-refractivity contribution in [2.45, 2.75) is 24.9 Å². The molecular formula is C16H18N6O4S. The van der Waals surface area contributed by atoms with Crippen LogP contribution in [0.1, 0.15) is 27.6 Å². The summed E-state index contributed by atoms with van der Waals surface area (Å²) in [5.41, 5.74) is 0.935. The Bertz CT molecular complexity index is 1060. The molecule has 1 aromatic carbocycles. The van der Waals surface area contributed by atoms with Gasteiger partial charge in [0, 0.05) is 37.8 Å². The maximum Gasteiger partial charge on any atom is 0.251 e. The number of nitrogens with one attached hydrogen (secondary N) is 2. The Balaban J connectivity index is 1.67. The topological polar surface area (TPSA) is 132 Å². The molecule has 0 atom stereocenters. The quantitative estimate of drug-likeness (QED) is 0.601. The van der Waals surface area contributed by atoms with E-state index < -0.39 is 15.9 Å². The minimum absolute atomic E-state index is 0.00514. The number of rotatable bonds is 7. The molecule has 27 heavy (non-hydrogen) atoms. The van der Waals surface area contributed by atoms with Gasteiger partial charge in [-0.25, -0.2) is 13.1 Å². The lowest BCUT2D eigenvalue weighted by molar-refractivity contribution is 0.0949. The Hall–Kier alpha value is -3.05. The molecule has 1 amide bonds. The molecule has 0 unspecified atom stereocenters. The van der Waals surface area contributed by atoms with Gasteiger partial charge in [0.25, 0.3) is 5.91 Å². The third-order valence-electron chi connectivity index (χ3n) is 3.61. The summed E-state index contributed by atoms with van der Waals surface area (Å²) in [5, 5.41) is 10.3. The van der Waals surface area contributed by atoms with Crippen molar-refractivity contribution < 1.29 is 17.7 Å². The van der Waals surface area contributed by atoms with Crippen LogP contribution in [0.3, 0.4) is 0 Å². The number of benzene rings is 1. The van der Waals surface area contributed by atoms with Gasteiger partial charge >= 0.3 is 0 Å². The molecule has 0 fully saturated rings. The van der Waals surface area contributed by atoms with Crippen molar-refractivity contribution in [3.63, 3.8) is 0 Å². The average Bonchev–Trinajstić information content (AvgIpc) is 3.26. The zero-order chi connectivity index (χ0) is 19.4. The van der Waals surface area contributed by atoms with Crippen LogP contribution in [0.15, 0.2) is 46.1 Å². The van der Waals surface area contributed by atoms with E-state index in [-0.39, 0.29) is 23.5 Å². The standard InChI is InChI=1S/C16H18N6O4S/c1-11-20-15(21-26-11)9-17-16(23)13-4-3-5-14(6-13)27(24,25)19-8-12-7-18-22(2)10-12/h3-7,10,19H,8-9H2,1-2H3,(H,17,23). The molecule has 0 saturated carbocycles. The molecule has 0 aliphatic carbocycles. The number of carbonyl (C=O) groups is 1. The monoisotopic (exact) mass is 390 g/mol. The van der Waals surface area contributed by atoms with Crippen LogP contribution in [0.5, 0.6) is 0 Å². The Morgan fingerprint density at radius 1 is 1.30 bits per heavy atom. The van der Waals surface area contributed by atoms with Gasteiger partial charge in [0.15, 0.2) is 5.82 Å². The van der Waals surface area contributed by atoms with Crippen LogP contribution in [-0.2, 0) is 30.2 Å². The molecule has 0 spiro atoms. The number of carbonyl (C=O) groups excluding carboxylic acids is 1. The summed E-state index contributed by atoms with van der Waals surface area (Å²) < 4.78 is 33.8. The molecule has 11 heteroatoms. The van der Waals surface area contributed by atoms with Crippen LogP contribution >= 0.6 is 0 Å². The molecule has 0 aliphatic heterocycles. The van der Waals surface area contributed by atoms with Crippen LogP contribution in [0.25, 0.3) is 0 Å². The number of aromatic nitrogens is 4. The van der Waals surface area contributed by atoms with E-state index >= 15 is 0 Å². The first-order chi connectivity index (χ1) is 12.8. The highest BCUT2D eigenvalue weighted by atomic mass is 32.2. The fourth-order valence-electron chi connectivity index (χ4n) is 2.30. The maximum absolute atomic E-state index is 12.5. The van der Waals surface area contributed by atoms with Crippen LogP contribution in [0, 0.1) is 6.92 Å². The largest absolute Gasteiger partial charge is 0.345 e. The lowest BCUT2D eigenvalue weighted by Crippen LogP contribution is -2.25. The second-order valence-electron chi connectivity index (χ2n) is 5.79. The first-order valence-electron chi connectivity index (χ1n) is 7.98. The fourth-order valence-corrected chi connectivity index (χ4v) is 3.37. The Kier molecular flexibility index (Phi) is 5.33. The number of hydrogen-bond donors (Lipinski definition) is 2. The highest BCUT2D eigenvalue weighted by Crippen LogP contribution is 2.12. The predicted molar refractivity (Wildman–Crippen MR) is 93.9 cm³/mol. The van der Waals surface area contributed by atoms with Crippen LogP contribution in [-0.4, -0.2) is 34.2 Å². The molecule has 3 rings (SSSR count). The smallest absolute Gasteiger partial charge is 0.251 e. The summed E-state index contributed by atoms with van der Waals surface area (Å²) in [6, 6.07) is 5.76. The van der Waals surface area contributed by atoms with Crippen molar-refractivity contribution >= 4 is 15.9 Å². The van der Waals surface area contributed by atoms with Crippen molar-refractivity contribution in [3.8, 4) is 0 Å². The fraction of sp³-hybridized carbons (Fsp3) is 0.250. The first-order valence-corrected chi connectivity index (χ1v) is 9.46. The number of hydrogen-bond acceptors (Lipinski definition) is 7. The van der Waals surface area contributed by atoms with E-state index in [4.69, 9.17) is 4.52 Å². The van der Waals surface area contributed by atoms with Gasteiger partial charge in [0.1, 0.15) is 0 Å². The molecule has 2 N–H and O–H groups in total. The molecule has 0 bridgehead atoms. The molecule has 0 radical (unpaired) electrons. The van der Waals surface area contributed by atoms with Gasteiger partial charge in [-0.1, -0.05) is 11.2 Å². The average molecular weight is 390 g/mol. The maximum atomic E-state index is 12.5. The van der Waals surface area contributed by atoms with Gasteiger partial charge in [-0.15, -0.1) is 0 Å².